The van der Waals surface area contributed by atoms with Crippen LogP contribution < -0.4 is 10.6 Å². The molecule has 106 valence electrons. The lowest BCUT2D eigenvalue weighted by atomic mass is 10.1. The third kappa shape index (κ3) is 3.79. The number of amides is 2. The van der Waals surface area contributed by atoms with Crippen LogP contribution in [0.1, 0.15) is 13.8 Å². The molecular formula is C14H17N3O2S. The Hall–Kier alpha value is -1.92. The molecule has 0 aliphatic carbocycles. The lowest BCUT2D eigenvalue weighted by molar-refractivity contribution is 0.187. The number of anilines is 1. The molecule has 0 spiro atoms. The quantitative estimate of drug-likeness (QED) is 0.811. The van der Waals surface area contributed by atoms with Crippen molar-refractivity contribution in [1.29, 1.82) is 0 Å². The Bertz CT molecular complexity index is 582. The van der Waals surface area contributed by atoms with Crippen LogP contribution in [0.25, 0.3) is 10.6 Å². The van der Waals surface area contributed by atoms with E-state index in [9.17, 15) is 4.79 Å². The van der Waals surface area contributed by atoms with Crippen LogP contribution in [0.3, 0.4) is 0 Å². The predicted molar refractivity (Wildman–Crippen MR) is 80.9 cm³/mol. The molecule has 3 N–H and O–H groups in total. The highest BCUT2D eigenvalue weighted by atomic mass is 32.1. The van der Waals surface area contributed by atoms with Gasteiger partial charge in [-0.25, -0.2) is 9.78 Å². The molecule has 0 aliphatic heterocycles. The summed E-state index contributed by atoms with van der Waals surface area (Å²) in [6.07, 6.45) is 1.75. The van der Waals surface area contributed by atoms with Gasteiger partial charge in [0.05, 0.1) is 12.1 Å². The summed E-state index contributed by atoms with van der Waals surface area (Å²) in [5.41, 5.74) is 0.986. The molecule has 2 rings (SSSR count). The topological polar surface area (TPSA) is 74.2 Å². The van der Waals surface area contributed by atoms with Crippen LogP contribution in [0.15, 0.2) is 35.8 Å². The molecule has 0 atom stereocenters. The first-order valence-corrected chi connectivity index (χ1v) is 7.08. The van der Waals surface area contributed by atoms with Gasteiger partial charge in [-0.3, -0.25) is 0 Å². The number of nitrogens with zero attached hydrogens (tertiary/aromatic N) is 1. The van der Waals surface area contributed by atoms with E-state index < -0.39 is 5.54 Å². The largest absolute Gasteiger partial charge is 0.394 e. The number of thiazole rings is 1. The third-order valence-electron chi connectivity index (χ3n) is 2.65. The van der Waals surface area contributed by atoms with E-state index in [1.807, 2.05) is 29.6 Å². The van der Waals surface area contributed by atoms with Crippen LogP contribution in [-0.2, 0) is 0 Å². The van der Waals surface area contributed by atoms with Crippen molar-refractivity contribution in [2.24, 2.45) is 0 Å². The van der Waals surface area contributed by atoms with Crippen molar-refractivity contribution in [3.8, 4) is 10.6 Å². The summed E-state index contributed by atoms with van der Waals surface area (Å²) >= 11 is 1.54. The molecule has 0 saturated heterocycles. The minimum Gasteiger partial charge on any atom is -0.394 e. The van der Waals surface area contributed by atoms with Crippen molar-refractivity contribution in [2.75, 3.05) is 11.9 Å². The van der Waals surface area contributed by atoms with Crippen LogP contribution in [0.2, 0.25) is 0 Å². The molecule has 1 aromatic heterocycles. The molecule has 0 saturated carbocycles. The predicted octanol–water partition coefficient (Wildman–Crippen LogP) is 2.70. The molecule has 1 aromatic carbocycles. The fourth-order valence-electron chi connectivity index (χ4n) is 1.61. The first-order valence-electron chi connectivity index (χ1n) is 6.20. The van der Waals surface area contributed by atoms with E-state index in [2.05, 4.69) is 15.6 Å². The smallest absolute Gasteiger partial charge is 0.319 e. The molecule has 0 radical (unpaired) electrons. The van der Waals surface area contributed by atoms with Crippen LogP contribution in [0.5, 0.6) is 0 Å². The molecule has 1 heterocycles. The van der Waals surface area contributed by atoms with Crippen molar-refractivity contribution < 1.29 is 9.90 Å². The number of aliphatic hydroxyl groups excluding tert-OH is 1. The second kappa shape index (κ2) is 6.02. The van der Waals surface area contributed by atoms with Crippen LogP contribution >= 0.6 is 11.3 Å². The summed E-state index contributed by atoms with van der Waals surface area (Å²) in [6.45, 7) is 3.37. The van der Waals surface area contributed by atoms with Crippen molar-refractivity contribution in [3.05, 3.63) is 35.8 Å². The number of nitrogens with one attached hydrogen (secondary N) is 2. The van der Waals surface area contributed by atoms with E-state index in [4.69, 9.17) is 5.11 Å². The Morgan fingerprint density at radius 1 is 1.45 bits per heavy atom. The number of rotatable bonds is 4. The first kappa shape index (κ1) is 14.5. The van der Waals surface area contributed by atoms with Gasteiger partial charge in [-0.1, -0.05) is 12.1 Å². The van der Waals surface area contributed by atoms with Gasteiger partial charge in [-0.15, -0.1) is 11.3 Å². The minimum absolute atomic E-state index is 0.125. The van der Waals surface area contributed by atoms with E-state index in [0.29, 0.717) is 5.69 Å². The Morgan fingerprint density at radius 2 is 2.25 bits per heavy atom. The van der Waals surface area contributed by atoms with E-state index in [-0.39, 0.29) is 12.6 Å². The molecule has 6 heteroatoms. The first-order chi connectivity index (χ1) is 9.50. The van der Waals surface area contributed by atoms with Gasteiger partial charge in [-0.05, 0) is 26.0 Å². The zero-order valence-corrected chi connectivity index (χ0v) is 12.2. The van der Waals surface area contributed by atoms with Crippen molar-refractivity contribution in [1.82, 2.24) is 10.3 Å². The maximum absolute atomic E-state index is 11.8. The lowest BCUT2D eigenvalue weighted by Gasteiger charge is -2.23. The van der Waals surface area contributed by atoms with E-state index in [0.717, 1.165) is 10.6 Å². The number of benzene rings is 1. The maximum Gasteiger partial charge on any atom is 0.319 e. The van der Waals surface area contributed by atoms with Gasteiger partial charge in [0.15, 0.2) is 0 Å². The van der Waals surface area contributed by atoms with Gasteiger partial charge < -0.3 is 15.7 Å². The normalized spacial score (nSPS) is 11.2. The average molecular weight is 291 g/mol. The summed E-state index contributed by atoms with van der Waals surface area (Å²) < 4.78 is 0. The van der Waals surface area contributed by atoms with Gasteiger partial charge in [0.25, 0.3) is 0 Å². The van der Waals surface area contributed by atoms with Gasteiger partial charge >= 0.3 is 6.03 Å². The molecule has 5 nitrogen and oxygen atoms in total. The van der Waals surface area contributed by atoms with Crippen LogP contribution in [0.4, 0.5) is 10.5 Å². The average Bonchev–Trinajstić information content (AvgIpc) is 2.92. The van der Waals surface area contributed by atoms with E-state index >= 15 is 0 Å². The Morgan fingerprint density at radius 3 is 2.90 bits per heavy atom. The summed E-state index contributed by atoms with van der Waals surface area (Å²) in [5, 5.41) is 17.4. The van der Waals surface area contributed by atoms with Crippen molar-refractivity contribution in [2.45, 2.75) is 19.4 Å². The monoisotopic (exact) mass is 291 g/mol. The lowest BCUT2D eigenvalue weighted by Crippen LogP contribution is -2.48. The highest BCUT2D eigenvalue weighted by molar-refractivity contribution is 7.13. The molecule has 0 unspecified atom stereocenters. The fraction of sp³-hybridized carbons (Fsp3) is 0.286. The molecule has 0 fully saturated rings. The molecule has 2 amide bonds. The minimum atomic E-state index is -0.656. The maximum atomic E-state index is 11.8. The molecule has 0 bridgehead atoms. The second-order valence-corrected chi connectivity index (χ2v) is 5.93. The Kier molecular flexibility index (Phi) is 4.36. The van der Waals surface area contributed by atoms with E-state index in [1.165, 1.54) is 0 Å². The molecule has 0 aliphatic rings. The zero-order chi connectivity index (χ0) is 14.6. The number of carbonyl (C=O) groups is 1. The van der Waals surface area contributed by atoms with Crippen LogP contribution in [-0.4, -0.2) is 28.3 Å². The summed E-state index contributed by atoms with van der Waals surface area (Å²) in [6, 6.07) is 7.14. The zero-order valence-electron chi connectivity index (χ0n) is 11.4. The highest BCUT2D eigenvalue weighted by Crippen LogP contribution is 2.24. The van der Waals surface area contributed by atoms with Gasteiger partial charge in [-0.2, -0.15) is 0 Å². The van der Waals surface area contributed by atoms with Gasteiger partial charge in [0.2, 0.25) is 0 Å². The number of aromatic nitrogens is 1. The molecular weight excluding hydrogens is 274 g/mol. The summed E-state index contributed by atoms with van der Waals surface area (Å²) in [5.74, 6) is 0. The van der Waals surface area contributed by atoms with E-state index in [1.54, 1.807) is 31.4 Å². The van der Waals surface area contributed by atoms with Gasteiger partial charge in [0.1, 0.15) is 5.01 Å². The molecule has 20 heavy (non-hydrogen) atoms. The number of carbonyl (C=O) groups excluding carboxylic acids is 1. The Balaban J connectivity index is 2.07. The fourth-order valence-corrected chi connectivity index (χ4v) is 2.24. The third-order valence-corrected chi connectivity index (χ3v) is 3.47. The second-order valence-electron chi connectivity index (χ2n) is 5.04. The van der Waals surface area contributed by atoms with Crippen molar-refractivity contribution >= 4 is 23.1 Å². The van der Waals surface area contributed by atoms with Gasteiger partial charge in [0, 0.05) is 22.8 Å². The molecule has 2 aromatic rings. The summed E-state index contributed by atoms with van der Waals surface area (Å²) in [7, 11) is 0. The number of hydrogen-bond acceptors (Lipinski definition) is 4. The highest BCUT2D eigenvalue weighted by Gasteiger charge is 2.18. The van der Waals surface area contributed by atoms with Crippen molar-refractivity contribution in [3.63, 3.8) is 0 Å². The summed E-state index contributed by atoms with van der Waals surface area (Å²) in [4.78, 5) is 16.1. The standard InChI is InChI=1S/C14H17N3O2S/c1-14(2,9-18)17-13(19)16-11-5-3-4-10(8-11)12-15-6-7-20-12/h3-8,18H,9H2,1-2H3,(H2,16,17,19). The SMILES string of the molecule is CC(C)(CO)NC(=O)Nc1cccc(-c2nccs2)c1. The number of aliphatic hydroxyl groups is 1. The Labute approximate surface area is 121 Å². The number of urea groups is 1. The van der Waals surface area contributed by atoms with Crippen LogP contribution in [0, 0.1) is 0 Å². The number of hydrogen-bond donors (Lipinski definition) is 3.